The molecule has 6 rings (SSSR count). The molecule has 8 heteroatoms. The first kappa shape index (κ1) is 47.9. The Morgan fingerprint density at radius 2 is 0.889 bits per heavy atom. The molecular weight excluding hydrogens is 819 g/mol. The SMILES string of the molecule is CC1=CC(C(C)C)C(C)(OP(Oc2ccc(C)cc2C)Oc2ccc(C)cc2C)C(c2c(C)c(C)cc(C(C)C)c2OP(Oc2ccc(C)cc2C)Oc2ccc(C)cc2C)=C1C. The van der Waals surface area contributed by atoms with E-state index in [0.29, 0.717) is 11.5 Å². The molecule has 5 aromatic rings. The van der Waals surface area contributed by atoms with Gasteiger partial charge in [0.1, 0.15) is 34.3 Å². The zero-order valence-electron chi connectivity index (χ0n) is 40.7. The van der Waals surface area contributed by atoms with Crippen LogP contribution < -0.4 is 22.6 Å². The van der Waals surface area contributed by atoms with E-state index in [1.807, 2.05) is 24.3 Å². The smallest absolute Gasteiger partial charge is 0.417 e. The number of hydrogen-bond acceptors (Lipinski definition) is 6. The minimum absolute atomic E-state index is 0.0682. The Hall–Kier alpha value is -4.60. The second-order valence-electron chi connectivity index (χ2n) is 18.6. The van der Waals surface area contributed by atoms with Crippen molar-refractivity contribution in [3.05, 3.63) is 163 Å². The second-order valence-corrected chi connectivity index (χ2v) is 20.6. The summed E-state index contributed by atoms with van der Waals surface area (Å²) in [5.41, 5.74) is 15.4. The van der Waals surface area contributed by atoms with Crippen molar-refractivity contribution in [3.8, 4) is 28.7 Å². The van der Waals surface area contributed by atoms with Crippen molar-refractivity contribution in [1.82, 2.24) is 0 Å². The maximum Gasteiger partial charge on any atom is 0.530 e. The zero-order valence-corrected chi connectivity index (χ0v) is 42.4. The Kier molecular flexibility index (Phi) is 14.9. The van der Waals surface area contributed by atoms with Crippen LogP contribution in [-0.2, 0) is 4.52 Å². The molecule has 0 aromatic heterocycles. The van der Waals surface area contributed by atoms with Gasteiger partial charge in [0.15, 0.2) is 0 Å². The molecule has 0 bridgehead atoms. The van der Waals surface area contributed by atoms with Gasteiger partial charge in [-0.1, -0.05) is 116 Å². The molecule has 0 heterocycles. The molecule has 0 aliphatic heterocycles. The van der Waals surface area contributed by atoms with E-state index in [1.165, 1.54) is 5.57 Å². The number of benzene rings is 5. The van der Waals surface area contributed by atoms with E-state index < -0.39 is 22.8 Å². The van der Waals surface area contributed by atoms with Crippen molar-refractivity contribution >= 4 is 22.8 Å². The lowest BCUT2D eigenvalue weighted by molar-refractivity contribution is 0.0695. The molecule has 1 aliphatic rings. The number of rotatable bonds is 15. The lowest BCUT2D eigenvalue weighted by Crippen LogP contribution is -2.43. The average molecular weight is 887 g/mol. The van der Waals surface area contributed by atoms with Gasteiger partial charge < -0.3 is 22.6 Å². The molecule has 334 valence electrons. The van der Waals surface area contributed by atoms with Gasteiger partial charge in [-0.2, -0.15) is 0 Å². The summed E-state index contributed by atoms with van der Waals surface area (Å²) in [7, 11) is -4.07. The molecule has 0 N–H and O–H groups in total. The summed E-state index contributed by atoms with van der Waals surface area (Å²) in [4.78, 5) is 0. The minimum Gasteiger partial charge on any atom is -0.417 e. The molecule has 6 nitrogen and oxygen atoms in total. The van der Waals surface area contributed by atoms with E-state index in [-0.39, 0.29) is 17.8 Å². The second kappa shape index (κ2) is 19.6. The molecule has 0 amide bonds. The summed E-state index contributed by atoms with van der Waals surface area (Å²) in [6.45, 7) is 36.6. The third-order valence-electron chi connectivity index (χ3n) is 12.4. The van der Waals surface area contributed by atoms with Gasteiger partial charge in [-0.3, -0.25) is 4.52 Å². The van der Waals surface area contributed by atoms with Crippen molar-refractivity contribution in [2.45, 2.75) is 129 Å². The normalized spacial score (nSPS) is 16.6. The number of hydrogen-bond donors (Lipinski definition) is 0. The highest BCUT2D eigenvalue weighted by atomic mass is 31.2. The Morgan fingerprint density at radius 3 is 1.25 bits per heavy atom. The van der Waals surface area contributed by atoms with Gasteiger partial charge in [0.05, 0.1) is 0 Å². The lowest BCUT2D eigenvalue weighted by atomic mass is 9.67. The summed E-state index contributed by atoms with van der Waals surface area (Å²) < 4.78 is 42.6. The van der Waals surface area contributed by atoms with E-state index in [0.717, 1.165) is 95.2 Å². The van der Waals surface area contributed by atoms with Crippen molar-refractivity contribution in [2.75, 3.05) is 0 Å². The quantitative estimate of drug-likeness (QED) is 0.0976. The standard InChI is InChI=1S/C55H68O6P2/c1-32(2)46-30-38(9)44(15)52(54(46)60-62(56-48-22-18-34(5)26-40(48)11)57-49-23-19-35(6)27-41(49)12)53-45(16)39(10)31-47(33(3)4)55(53,17)61-63(58-50-24-20-36(7)28-42(50)13)59-51-25-21-37(8)29-43(51)14/h18-33,47H,1-17H3. The maximum atomic E-state index is 7.62. The van der Waals surface area contributed by atoms with Crippen LogP contribution in [0.5, 0.6) is 28.7 Å². The van der Waals surface area contributed by atoms with E-state index >= 15 is 0 Å². The van der Waals surface area contributed by atoms with Crippen LogP contribution in [0.3, 0.4) is 0 Å². The monoisotopic (exact) mass is 886 g/mol. The highest BCUT2D eigenvalue weighted by Gasteiger charge is 2.49. The number of aryl methyl sites for hydroxylation is 9. The third-order valence-corrected chi connectivity index (χ3v) is 14.6. The van der Waals surface area contributed by atoms with Gasteiger partial charge >= 0.3 is 17.2 Å². The fourth-order valence-electron chi connectivity index (χ4n) is 8.68. The van der Waals surface area contributed by atoms with Crippen LogP contribution >= 0.6 is 17.2 Å². The van der Waals surface area contributed by atoms with Crippen molar-refractivity contribution in [1.29, 1.82) is 0 Å². The lowest BCUT2D eigenvalue weighted by Gasteiger charge is -2.46. The largest absolute Gasteiger partial charge is 0.530 e. The molecular formula is C55H68O6P2. The fourth-order valence-corrected chi connectivity index (χ4v) is 11.2. The summed E-state index contributed by atoms with van der Waals surface area (Å²) in [5.74, 6) is 3.82. The van der Waals surface area contributed by atoms with Crippen molar-refractivity contribution in [2.24, 2.45) is 11.8 Å². The summed E-state index contributed by atoms with van der Waals surface area (Å²) in [6.07, 6.45) is 2.37. The Morgan fingerprint density at radius 1 is 0.492 bits per heavy atom. The van der Waals surface area contributed by atoms with Crippen LogP contribution in [0.2, 0.25) is 0 Å². The van der Waals surface area contributed by atoms with Crippen LogP contribution in [0.15, 0.2) is 96.1 Å². The van der Waals surface area contributed by atoms with E-state index in [2.05, 4.69) is 178 Å². The van der Waals surface area contributed by atoms with Crippen LogP contribution in [0, 0.1) is 81.1 Å². The summed E-state index contributed by atoms with van der Waals surface area (Å²) >= 11 is 0. The molecule has 2 atom stereocenters. The van der Waals surface area contributed by atoms with Gasteiger partial charge in [0, 0.05) is 11.5 Å². The topological polar surface area (TPSA) is 55.4 Å². The first-order chi connectivity index (χ1) is 29.7. The molecule has 0 saturated heterocycles. The van der Waals surface area contributed by atoms with Crippen LogP contribution in [0.25, 0.3) is 5.57 Å². The third kappa shape index (κ3) is 10.7. The molecule has 0 fully saturated rings. The predicted molar refractivity (Wildman–Crippen MR) is 265 cm³/mol. The molecule has 1 aliphatic carbocycles. The van der Waals surface area contributed by atoms with E-state index in [9.17, 15) is 0 Å². The highest BCUT2D eigenvalue weighted by Crippen LogP contribution is 2.59. The molecule has 0 saturated carbocycles. The summed E-state index contributed by atoms with van der Waals surface area (Å²) in [6, 6.07) is 27.1. The highest BCUT2D eigenvalue weighted by molar-refractivity contribution is 7.43. The molecule has 0 radical (unpaired) electrons. The Labute approximate surface area is 381 Å². The summed E-state index contributed by atoms with van der Waals surface area (Å²) in [5, 5.41) is 0. The van der Waals surface area contributed by atoms with E-state index in [4.69, 9.17) is 27.1 Å². The van der Waals surface area contributed by atoms with Gasteiger partial charge in [0.2, 0.25) is 0 Å². The van der Waals surface area contributed by atoms with Gasteiger partial charge in [-0.25, -0.2) is 0 Å². The number of allylic oxidation sites excluding steroid dienone is 2. The molecule has 63 heavy (non-hydrogen) atoms. The van der Waals surface area contributed by atoms with Gasteiger partial charge in [-0.05, 0) is 176 Å². The average Bonchev–Trinajstić information content (AvgIpc) is 3.19. The first-order valence-electron chi connectivity index (χ1n) is 22.2. The van der Waals surface area contributed by atoms with Crippen molar-refractivity contribution in [3.63, 3.8) is 0 Å². The molecule has 5 aromatic carbocycles. The first-order valence-corrected chi connectivity index (χ1v) is 24.4. The Balaban J connectivity index is 1.58. The van der Waals surface area contributed by atoms with Crippen LogP contribution in [0.4, 0.5) is 0 Å². The van der Waals surface area contributed by atoms with Gasteiger partial charge in [0.25, 0.3) is 0 Å². The van der Waals surface area contributed by atoms with Crippen LogP contribution in [-0.4, -0.2) is 5.60 Å². The minimum atomic E-state index is -2.04. The molecule has 0 spiro atoms. The predicted octanol–water partition coefficient (Wildman–Crippen LogP) is 16.8. The van der Waals surface area contributed by atoms with Crippen LogP contribution in [0.1, 0.15) is 121 Å². The van der Waals surface area contributed by atoms with E-state index in [1.54, 1.807) is 0 Å². The molecule has 2 unspecified atom stereocenters. The maximum absolute atomic E-state index is 7.62. The zero-order chi connectivity index (χ0) is 46.1. The fraction of sp³-hybridized carbons (Fsp3) is 0.382. The van der Waals surface area contributed by atoms with Gasteiger partial charge in [-0.15, -0.1) is 0 Å². The van der Waals surface area contributed by atoms with Crippen molar-refractivity contribution < 1.29 is 27.1 Å². The Bertz CT molecular complexity index is 2440.